The lowest BCUT2D eigenvalue weighted by atomic mass is 10.2. The van der Waals surface area contributed by atoms with Gasteiger partial charge in [0.05, 0.1) is 27.6 Å². The largest absolute Gasteiger partial charge is 0.459 e. The van der Waals surface area contributed by atoms with E-state index >= 15 is 0 Å². The second-order valence-corrected chi connectivity index (χ2v) is 7.16. The molecule has 8 nitrogen and oxygen atoms in total. The predicted octanol–water partition coefficient (Wildman–Crippen LogP) is 4.79. The summed E-state index contributed by atoms with van der Waals surface area (Å²) in [5, 5.41) is 16.6. The smallest absolute Gasteiger partial charge is 0.316 e. The van der Waals surface area contributed by atoms with Crippen LogP contribution in [-0.2, 0) is 0 Å². The van der Waals surface area contributed by atoms with E-state index in [1.54, 1.807) is 24.3 Å². The van der Waals surface area contributed by atoms with E-state index in [4.69, 9.17) is 4.42 Å². The predicted molar refractivity (Wildman–Crippen MR) is 111 cm³/mol. The zero-order valence-electron chi connectivity index (χ0n) is 15.2. The number of aromatic nitrogens is 1. The molecule has 4 aromatic rings. The first-order valence-electron chi connectivity index (χ1n) is 8.55. The Balaban J connectivity index is 1.71. The van der Waals surface area contributed by atoms with Gasteiger partial charge in [-0.1, -0.05) is 17.4 Å². The van der Waals surface area contributed by atoms with Crippen LogP contribution in [-0.4, -0.2) is 22.0 Å². The molecular weight excluding hydrogens is 392 g/mol. The molecule has 0 atom stereocenters. The molecule has 0 spiro atoms. The fourth-order valence-electron chi connectivity index (χ4n) is 2.61. The summed E-state index contributed by atoms with van der Waals surface area (Å²) in [7, 11) is 0. The number of non-ortho nitro benzene ring substituents is 1. The molecule has 144 valence electrons. The lowest BCUT2D eigenvalue weighted by molar-refractivity contribution is -0.384. The lowest BCUT2D eigenvalue weighted by Gasteiger charge is -2.11. The van der Waals surface area contributed by atoms with E-state index in [2.05, 4.69) is 10.1 Å². The van der Waals surface area contributed by atoms with Crippen LogP contribution in [0.5, 0.6) is 0 Å². The van der Waals surface area contributed by atoms with Crippen LogP contribution >= 0.6 is 11.3 Å². The topological polar surface area (TPSA) is 102 Å². The Morgan fingerprint density at radius 1 is 1.24 bits per heavy atom. The van der Waals surface area contributed by atoms with Gasteiger partial charge in [0.15, 0.2) is 5.76 Å². The number of amides is 1. The van der Waals surface area contributed by atoms with E-state index in [1.807, 2.05) is 25.1 Å². The van der Waals surface area contributed by atoms with Gasteiger partial charge in [-0.05, 0) is 54.4 Å². The second kappa shape index (κ2) is 7.64. The molecule has 2 heterocycles. The van der Waals surface area contributed by atoms with Crippen molar-refractivity contribution in [2.45, 2.75) is 6.92 Å². The van der Waals surface area contributed by atoms with Crippen molar-refractivity contribution in [1.29, 1.82) is 0 Å². The number of carbonyl (C=O) groups excluding carboxylic acids is 1. The Hall–Kier alpha value is -3.85. The van der Waals surface area contributed by atoms with Crippen molar-refractivity contribution in [2.75, 3.05) is 5.01 Å². The minimum atomic E-state index is -0.475. The highest BCUT2D eigenvalue weighted by Crippen LogP contribution is 2.30. The molecule has 0 N–H and O–H groups in total. The number of furan rings is 1. The number of carbonyl (C=O) groups is 1. The molecule has 9 heteroatoms. The Morgan fingerprint density at radius 2 is 2.03 bits per heavy atom. The monoisotopic (exact) mass is 406 g/mol. The highest BCUT2D eigenvalue weighted by Gasteiger charge is 2.23. The third-order valence-corrected chi connectivity index (χ3v) is 5.06. The number of aryl methyl sites for hydroxylation is 1. The molecule has 0 radical (unpaired) electrons. The van der Waals surface area contributed by atoms with E-state index in [-0.39, 0.29) is 11.4 Å². The average molecular weight is 406 g/mol. The van der Waals surface area contributed by atoms with Gasteiger partial charge in [-0.3, -0.25) is 14.9 Å². The molecule has 0 saturated carbocycles. The van der Waals surface area contributed by atoms with Crippen LogP contribution < -0.4 is 5.01 Å². The summed E-state index contributed by atoms with van der Waals surface area (Å²) >= 11 is 1.34. The number of thiazole rings is 1. The summed E-state index contributed by atoms with van der Waals surface area (Å²) in [5.41, 5.74) is 2.43. The fourth-order valence-corrected chi connectivity index (χ4v) is 3.63. The molecule has 1 amide bonds. The number of nitro groups is 1. The molecule has 0 saturated heterocycles. The van der Waals surface area contributed by atoms with Crippen LogP contribution in [0.2, 0.25) is 0 Å². The van der Waals surface area contributed by atoms with Crippen molar-refractivity contribution >= 4 is 44.5 Å². The van der Waals surface area contributed by atoms with Gasteiger partial charge >= 0.3 is 5.91 Å². The van der Waals surface area contributed by atoms with Crippen molar-refractivity contribution in [1.82, 2.24) is 4.98 Å². The number of hydrogen-bond donors (Lipinski definition) is 0. The van der Waals surface area contributed by atoms with Gasteiger partial charge in [-0.25, -0.2) is 4.98 Å². The molecule has 0 bridgehead atoms. The zero-order chi connectivity index (χ0) is 20.4. The third-order valence-electron chi connectivity index (χ3n) is 4.06. The molecule has 0 aliphatic rings. The Kier molecular flexibility index (Phi) is 4.88. The minimum absolute atomic E-state index is 0.0211. The third kappa shape index (κ3) is 3.90. The van der Waals surface area contributed by atoms with Gasteiger partial charge in [0.2, 0.25) is 5.13 Å². The van der Waals surface area contributed by atoms with Gasteiger partial charge in [-0.2, -0.15) is 10.1 Å². The van der Waals surface area contributed by atoms with Gasteiger partial charge in [0.1, 0.15) is 0 Å². The maximum absolute atomic E-state index is 12.9. The van der Waals surface area contributed by atoms with Crippen LogP contribution in [0.1, 0.15) is 21.7 Å². The number of hydrazone groups is 1. The van der Waals surface area contributed by atoms with E-state index in [0.717, 1.165) is 15.8 Å². The summed E-state index contributed by atoms with van der Waals surface area (Å²) in [4.78, 5) is 27.7. The number of nitro benzene ring substituents is 1. The van der Waals surface area contributed by atoms with E-state index in [0.29, 0.717) is 10.7 Å². The molecule has 2 aromatic carbocycles. The Labute approximate surface area is 168 Å². The van der Waals surface area contributed by atoms with Gasteiger partial charge in [-0.15, -0.1) is 0 Å². The minimum Gasteiger partial charge on any atom is -0.459 e. The molecule has 29 heavy (non-hydrogen) atoms. The Bertz CT molecular complexity index is 1210. The van der Waals surface area contributed by atoms with Crippen molar-refractivity contribution in [3.8, 4) is 0 Å². The first-order valence-corrected chi connectivity index (χ1v) is 9.36. The van der Waals surface area contributed by atoms with Crippen molar-refractivity contribution in [3.63, 3.8) is 0 Å². The highest BCUT2D eigenvalue weighted by atomic mass is 32.1. The van der Waals surface area contributed by atoms with Crippen LogP contribution in [0.3, 0.4) is 0 Å². The summed E-state index contributed by atoms with van der Waals surface area (Å²) in [6, 6.07) is 14.9. The number of hydrogen-bond acceptors (Lipinski definition) is 7. The summed E-state index contributed by atoms with van der Waals surface area (Å²) in [6.07, 6.45) is 2.86. The number of anilines is 1. The molecule has 0 aliphatic heterocycles. The van der Waals surface area contributed by atoms with E-state index < -0.39 is 10.8 Å². The number of benzene rings is 2. The van der Waals surface area contributed by atoms with Gasteiger partial charge in [0, 0.05) is 12.1 Å². The SMILES string of the molecule is Cc1ccc2nc(N(/N=C/c3ccc([N+](=O)[O-])cc3)C(=O)c3ccco3)sc2c1. The molecule has 0 aliphatic carbocycles. The fraction of sp³-hybridized carbons (Fsp3) is 0.0500. The normalized spacial score (nSPS) is 11.2. The van der Waals surface area contributed by atoms with Gasteiger partial charge < -0.3 is 4.42 Å². The van der Waals surface area contributed by atoms with E-state index in [1.165, 1.54) is 41.0 Å². The molecule has 0 unspecified atom stereocenters. The number of rotatable bonds is 5. The molecular formula is C20H14N4O4S. The van der Waals surface area contributed by atoms with E-state index in [9.17, 15) is 14.9 Å². The summed E-state index contributed by atoms with van der Waals surface area (Å²) < 4.78 is 6.15. The van der Waals surface area contributed by atoms with Crippen LogP contribution in [0.4, 0.5) is 10.8 Å². The summed E-state index contributed by atoms with van der Waals surface area (Å²) in [5.74, 6) is -0.342. The Morgan fingerprint density at radius 3 is 2.72 bits per heavy atom. The van der Waals surface area contributed by atoms with Crippen molar-refractivity contribution < 1.29 is 14.1 Å². The van der Waals surface area contributed by atoms with Gasteiger partial charge in [0.25, 0.3) is 5.69 Å². The standard InChI is InChI=1S/C20H14N4O4S/c1-13-4-9-16-18(11-13)29-20(22-16)23(19(25)17-3-2-10-28-17)21-12-14-5-7-15(8-6-14)24(26)27/h2-12H,1H3/b21-12+. The van der Waals surface area contributed by atoms with Crippen LogP contribution in [0, 0.1) is 17.0 Å². The molecule has 2 aromatic heterocycles. The summed E-state index contributed by atoms with van der Waals surface area (Å²) in [6.45, 7) is 1.98. The highest BCUT2D eigenvalue weighted by molar-refractivity contribution is 7.22. The zero-order valence-corrected chi connectivity index (χ0v) is 16.0. The number of fused-ring (bicyclic) bond motifs is 1. The van der Waals surface area contributed by atoms with Crippen molar-refractivity contribution in [2.24, 2.45) is 5.10 Å². The van der Waals surface area contributed by atoms with Crippen molar-refractivity contribution in [3.05, 3.63) is 87.9 Å². The van der Waals surface area contributed by atoms with Crippen LogP contribution in [0.25, 0.3) is 10.2 Å². The first-order chi connectivity index (χ1) is 14.0. The maximum atomic E-state index is 12.9. The quantitative estimate of drug-likeness (QED) is 0.269. The second-order valence-electron chi connectivity index (χ2n) is 6.16. The average Bonchev–Trinajstić information content (AvgIpc) is 3.38. The molecule has 0 fully saturated rings. The first kappa shape index (κ1) is 18.5. The maximum Gasteiger partial charge on any atom is 0.316 e. The lowest BCUT2D eigenvalue weighted by Crippen LogP contribution is -2.25. The number of nitrogens with zero attached hydrogens (tertiary/aromatic N) is 4. The molecule has 4 rings (SSSR count). The van der Waals surface area contributed by atoms with Crippen LogP contribution in [0.15, 0.2) is 70.4 Å².